The molecule has 0 aliphatic rings. The quantitative estimate of drug-likeness (QED) is 0.375. The van der Waals surface area contributed by atoms with Crippen LogP contribution in [0.1, 0.15) is 34.3 Å². The molecule has 1 heterocycles. The molecule has 170 valence electrons. The number of aromatic amines is 1. The van der Waals surface area contributed by atoms with Crippen LogP contribution < -0.4 is 19.5 Å². The second-order valence-electron chi connectivity index (χ2n) is 7.62. The van der Waals surface area contributed by atoms with Crippen LogP contribution in [0.2, 0.25) is 0 Å². The van der Waals surface area contributed by atoms with Gasteiger partial charge in [0, 0.05) is 35.1 Å². The first kappa shape index (κ1) is 22.3. The zero-order valence-corrected chi connectivity index (χ0v) is 19.1. The number of carbonyl (C=O) groups is 1. The second-order valence-corrected chi connectivity index (χ2v) is 7.62. The van der Waals surface area contributed by atoms with Crippen LogP contribution in [0.15, 0.2) is 72.9 Å². The fourth-order valence-corrected chi connectivity index (χ4v) is 4.00. The summed E-state index contributed by atoms with van der Waals surface area (Å²) in [5.41, 5.74) is 3.76. The molecule has 3 aromatic carbocycles. The van der Waals surface area contributed by atoms with Gasteiger partial charge in [0.2, 0.25) is 0 Å². The van der Waals surface area contributed by atoms with Crippen molar-refractivity contribution in [3.8, 4) is 17.2 Å². The molecule has 6 heteroatoms. The number of amides is 1. The Morgan fingerprint density at radius 1 is 0.970 bits per heavy atom. The first-order valence-electron chi connectivity index (χ1n) is 10.9. The normalized spacial score (nSPS) is 11.7. The highest BCUT2D eigenvalue weighted by atomic mass is 16.5. The average molecular weight is 445 g/mol. The molecule has 0 bridgehead atoms. The zero-order chi connectivity index (χ0) is 23.2. The molecule has 1 amide bonds. The van der Waals surface area contributed by atoms with Gasteiger partial charge in [0.05, 0.1) is 20.8 Å². The molecule has 0 spiro atoms. The van der Waals surface area contributed by atoms with Crippen molar-refractivity contribution in [1.29, 1.82) is 0 Å². The minimum absolute atomic E-state index is 0.0899. The molecule has 0 saturated heterocycles. The van der Waals surface area contributed by atoms with Crippen LogP contribution in [0.25, 0.3) is 10.9 Å². The predicted molar refractivity (Wildman–Crippen MR) is 130 cm³/mol. The number of benzene rings is 3. The van der Waals surface area contributed by atoms with E-state index in [1.165, 1.54) is 0 Å². The summed E-state index contributed by atoms with van der Waals surface area (Å²) in [5.74, 6) is 1.85. The summed E-state index contributed by atoms with van der Waals surface area (Å²) in [6, 6.07) is 21.2. The molecule has 0 unspecified atom stereocenters. The van der Waals surface area contributed by atoms with E-state index in [1.807, 2.05) is 49.5 Å². The highest BCUT2D eigenvalue weighted by Gasteiger charge is 2.21. The number of nitrogens with one attached hydrogen (secondary N) is 2. The maximum Gasteiger partial charge on any atom is 0.251 e. The molecule has 2 N–H and O–H groups in total. The van der Waals surface area contributed by atoms with Crippen molar-refractivity contribution in [3.63, 3.8) is 0 Å². The van der Waals surface area contributed by atoms with Gasteiger partial charge >= 0.3 is 0 Å². The number of H-pyrrole nitrogens is 1. The van der Waals surface area contributed by atoms with Crippen LogP contribution in [-0.2, 0) is 0 Å². The van der Waals surface area contributed by atoms with E-state index in [-0.39, 0.29) is 11.8 Å². The molecule has 0 aliphatic heterocycles. The topological polar surface area (TPSA) is 72.6 Å². The van der Waals surface area contributed by atoms with Crippen molar-refractivity contribution in [2.75, 3.05) is 27.4 Å². The third-order valence-corrected chi connectivity index (χ3v) is 5.71. The van der Waals surface area contributed by atoms with Crippen LogP contribution in [-0.4, -0.2) is 38.3 Å². The van der Waals surface area contributed by atoms with E-state index in [0.29, 0.717) is 36.0 Å². The van der Waals surface area contributed by atoms with E-state index in [0.717, 1.165) is 22.0 Å². The summed E-state index contributed by atoms with van der Waals surface area (Å²) in [7, 11) is 3.24. The maximum atomic E-state index is 12.9. The molecule has 0 saturated carbocycles. The first-order chi connectivity index (χ1) is 16.1. The van der Waals surface area contributed by atoms with Crippen molar-refractivity contribution in [1.82, 2.24) is 10.3 Å². The summed E-state index contributed by atoms with van der Waals surface area (Å²) >= 11 is 0. The molecule has 6 nitrogen and oxygen atoms in total. The van der Waals surface area contributed by atoms with Crippen molar-refractivity contribution in [2.24, 2.45) is 0 Å². The van der Waals surface area contributed by atoms with E-state index < -0.39 is 0 Å². The van der Waals surface area contributed by atoms with Crippen LogP contribution >= 0.6 is 0 Å². The fourth-order valence-electron chi connectivity index (χ4n) is 4.00. The molecule has 1 aromatic heterocycles. The molecule has 0 fully saturated rings. The van der Waals surface area contributed by atoms with Gasteiger partial charge in [-0.15, -0.1) is 0 Å². The lowest BCUT2D eigenvalue weighted by Gasteiger charge is -2.20. The minimum Gasteiger partial charge on any atom is -0.497 e. The fraction of sp³-hybridized carbons (Fsp3) is 0.222. The number of ether oxygens (including phenoxy) is 3. The first-order valence-corrected chi connectivity index (χ1v) is 10.9. The predicted octanol–water partition coefficient (Wildman–Crippen LogP) is 5.15. The van der Waals surface area contributed by atoms with Gasteiger partial charge in [-0.1, -0.05) is 24.3 Å². The van der Waals surface area contributed by atoms with Gasteiger partial charge in [0.15, 0.2) is 11.5 Å². The van der Waals surface area contributed by atoms with Crippen LogP contribution in [0.4, 0.5) is 0 Å². The summed E-state index contributed by atoms with van der Waals surface area (Å²) < 4.78 is 16.5. The Kier molecular flexibility index (Phi) is 6.83. The van der Waals surface area contributed by atoms with E-state index in [4.69, 9.17) is 14.2 Å². The second kappa shape index (κ2) is 10.1. The van der Waals surface area contributed by atoms with Crippen LogP contribution in [0, 0.1) is 0 Å². The lowest BCUT2D eigenvalue weighted by molar-refractivity contribution is 0.0952. The molecular formula is C27H28N2O4. The minimum atomic E-state index is -0.139. The Bertz CT molecular complexity index is 1230. The Balaban J connectivity index is 1.66. The van der Waals surface area contributed by atoms with Gasteiger partial charge in [-0.05, 0) is 60.5 Å². The van der Waals surface area contributed by atoms with Gasteiger partial charge in [-0.2, -0.15) is 0 Å². The van der Waals surface area contributed by atoms with Crippen LogP contribution in [0.5, 0.6) is 17.2 Å². The van der Waals surface area contributed by atoms with Crippen molar-refractivity contribution < 1.29 is 19.0 Å². The number of hydrogen-bond donors (Lipinski definition) is 2. The van der Waals surface area contributed by atoms with Crippen molar-refractivity contribution >= 4 is 16.8 Å². The summed E-state index contributed by atoms with van der Waals surface area (Å²) in [5, 5.41) is 4.22. The highest BCUT2D eigenvalue weighted by Crippen LogP contribution is 2.36. The highest BCUT2D eigenvalue weighted by molar-refractivity contribution is 5.94. The Morgan fingerprint density at radius 3 is 2.48 bits per heavy atom. The van der Waals surface area contributed by atoms with E-state index in [1.54, 1.807) is 38.5 Å². The van der Waals surface area contributed by atoms with Gasteiger partial charge in [-0.25, -0.2) is 0 Å². The molecule has 4 rings (SSSR count). The van der Waals surface area contributed by atoms with Crippen LogP contribution in [0.3, 0.4) is 0 Å². The maximum absolute atomic E-state index is 12.9. The third-order valence-electron chi connectivity index (χ3n) is 5.71. The third kappa shape index (κ3) is 4.80. The summed E-state index contributed by atoms with van der Waals surface area (Å²) in [6.45, 7) is 2.92. The molecule has 0 aliphatic carbocycles. The van der Waals surface area contributed by atoms with Gasteiger partial charge in [-0.3, -0.25) is 4.79 Å². The molecule has 33 heavy (non-hydrogen) atoms. The largest absolute Gasteiger partial charge is 0.497 e. The Hall–Kier alpha value is -3.93. The smallest absolute Gasteiger partial charge is 0.251 e. The monoisotopic (exact) mass is 444 g/mol. The molecular weight excluding hydrogens is 416 g/mol. The number of para-hydroxylation sites is 1. The summed E-state index contributed by atoms with van der Waals surface area (Å²) in [6.07, 6.45) is 2.01. The lowest BCUT2D eigenvalue weighted by atomic mass is 9.90. The molecule has 0 radical (unpaired) electrons. The lowest BCUT2D eigenvalue weighted by Crippen LogP contribution is -2.28. The van der Waals surface area contributed by atoms with E-state index >= 15 is 0 Å². The number of methoxy groups -OCH3 is 2. The van der Waals surface area contributed by atoms with Gasteiger partial charge < -0.3 is 24.5 Å². The molecule has 4 aromatic rings. The Morgan fingerprint density at radius 2 is 1.76 bits per heavy atom. The number of rotatable bonds is 9. The Labute approximate surface area is 193 Å². The number of aromatic nitrogens is 1. The summed E-state index contributed by atoms with van der Waals surface area (Å²) in [4.78, 5) is 16.2. The average Bonchev–Trinajstić information content (AvgIpc) is 3.29. The number of hydrogen-bond acceptors (Lipinski definition) is 4. The number of fused-ring (bicyclic) bond motifs is 1. The van der Waals surface area contributed by atoms with E-state index in [2.05, 4.69) is 16.4 Å². The number of carbonyl (C=O) groups excluding carboxylic acids is 1. The SMILES string of the molecule is CCOc1ccc([C@@H](CNC(=O)c2ccc(OC)cc2)c2c[nH]c3ccccc23)cc1OC. The molecule has 1 atom stereocenters. The zero-order valence-electron chi connectivity index (χ0n) is 19.1. The van der Waals surface area contributed by atoms with Crippen molar-refractivity contribution in [3.05, 3.63) is 89.6 Å². The standard InChI is InChI=1S/C27H28N2O4/c1-4-33-25-14-11-19(15-26(25)32-3)22(23-17-28-24-8-6-5-7-21(23)24)16-29-27(30)18-9-12-20(31-2)13-10-18/h5-15,17,22,28H,4,16H2,1-3H3,(H,29,30)/t22-/m1/s1. The van der Waals surface area contributed by atoms with Crippen molar-refractivity contribution in [2.45, 2.75) is 12.8 Å². The van der Waals surface area contributed by atoms with Gasteiger partial charge in [0.1, 0.15) is 5.75 Å². The van der Waals surface area contributed by atoms with E-state index in [9.17, 15) is 4.79 Å². The van der Waals surface area contributed by atoms with Gasteiger partial charge in [0.25, 0.3) is 5.91 Å².